The van der Waals surface area contributed by atoms with Crippen LogP contribution in [0.5, 0.6) is 0 Å². The molecule has 2 fully saturated rings. The molecule has 7 nitrogen and oxygen atoms in total. The van der Waals surface area contributed by atoms with Crippen molar-refractivity contribution < 1.29 is 14.0 Å². The molecule has 4 rings (SSSR count). The van der Waals surface area contributed by atoms with Crippen LogP contribution in [0.4, 0.5) is 0 Å². The molecule has 2 atom stereocenters. The van der Waals surface area contributed by atoms with Crippen molar-refractivity contribution in [3.8, 4) is 0 Å². The third-order valence-electron chi connectivity index (χ3n) is 5.14. The standard InChI is InChI=1S/C18H20N4O3/c1-22-15(23)8-13(16(22)12-6-3-7-19-9-12)20-17(24)14-10-25-18(21-14)11-4-2-5-11/h3,6-7,9-11,13,16H,2,4-5,8H2,1H3,(H,20,24)/t13-,16+/m1/s1. The molecule has 0 radical (unpaired) electrons. The first-order chi connectivity index (χ1) is 12.1. The Kier molecular flexibility index (Phi) is 3.99. The number of nitrogens with zero attached hydrogens (tertiary/aromatic N) is 3. The number of likely N-dealkylation sites (tertiary alicyclic amines) is 1. The minimum Gasteiger partial charge on any atom is -0.448 e. The van der Waals surface area contributed by atoms with E-state index in [1.54, 1.807) is 24.3 Å². The van der Waals surface area contributed by atoms with Gasteiger partial charge in [-0.1, -0.05) is 12.5 Å². The second-order valence-corrected chi connectivity index (χ2v) is 6.72. The van der Waals surface area contributed by atoms with Gasteiger partial charge in [0, 0.05) is 31.8 Å². The highest BCUT2D eigenvalue weighted by atomic mass is 16.3. The quantitative estimate of drug-likeness (QED) is 0.920. The molecular formula is C18H20N4O3. The lowest BCUT2D eigenvalue weighted by molar-refractivity contribution is -0.127. The van der Waals surface area contributed by atoms with Gasteiger partial charge < -0.3 is 14.6 Å². The summed E-state index contributed by atoms with van der Waals surface area (Å²) in [5, 5.41) is 2.94. The van der Waals surface area contributed by atoms with Crippen molar-refractivity contribution in [1.29, 1.82) is 0 Å². The van der Waals surface area contributed by atoms with E-state index in [1.807, 2.05) is 12.1 Å². The van der Waals surface area contributed by atoms with E-state index in [1.165, 1.54) is 12.7 Å². The van der Waals surface area contributed by atoms with Crippen LogP contribution in [0.25, 0.3) is 0 Å². The van der Waals surface area contributed by atoms with Crippen molar-refractivity contribution in [1.82, 2.24) is 20.2 Å². The van der Waals surface area contributed by atoms with Crippen LogP contribution in [-0.4, -0.2) is 39.8 Å². The topological polar surface area (TPSA) is 88.3 Å². The predicted molar refractivity (Wildman–Crippen MR) is 88.7 cm³/mol. The van der Waals surface area contributed by atoms with Gasteiger partial charge in [0.2, 0.25) is 5.91 Å². The highest BCUT2D eigenvalue weighted by molar-refractivity contribution is 5.93. The second kappa shape index (κ2) is 6.31. The summed E-state index contributed by atoms with van der Waals surface area (Å²) in [5.74, 6) is 0.662. The maximum Gasteiger partial charge on any atom is 0.273 e. The normalized spacial score (nSPS) is 23.6. The summed E-state index contributed by atoms with van der Waals surface area (Å²) in [5.41, 5.74) is 1.17. The molecule has 2 aliphatic rings. The Bertz CT molecular complexity index is 785. The van der Waals surface area contributed by atoms with Crippen LogP contribution in [0.1, 0.15) is 59.6 Å². The molecule has 2 aromatic heterocycles. The van der Waals surface area contributed by atoms with Gasteiger partial charge in [-0.25, -0.2) is 4.98 Å². The summed E-state index contributed by atoms with van der Waals surface area (Å²) in [6, 6.07) is 3.19. The van der Waals surface area contributed by atoms with Crippen LogP contribution >= 0.6 is 0 Å². The van der Waals surface area contributed by atoms with Gasteiger partial charge >= 0.3 is 0 Å². The lowest BCUT2D eigenvalue weighted by atomic mass is 9.85. The fourth-order valence-electron chi connectivity index (χ4n) is 3.48. The molecule has 2 amide bonds. The maximum absolute atomic E-state index is 12.6. The van der Waals surface area contributed by atoms with E-state index in [2.05, 4.69) is 15.3 Å². The average molecular weight is 340 g/mol. The number of nitrogens with one attached hydrogen (secondary N) is 1. The van der Waals surface area contributed by atoms with Gasteiger partial charge in [-0.2, -0.15) is 0 Å². The van der Waals surface area contributed by atoms with E-state index >= 15 is 0 Å². The van der Waals surface area contributed by atoms with Gasteiger partial charge in [-0.05, 0) is 24.5 Å². The molecule has 7 heteroatoms. The Morgan fingerprint density at radius 1 is 1.40 bits per heavy atom. The Labute approximate surface area is 145 Å². The SMILES string of the molecule is CN1C(=O)C[C@@H](NC(=O)c2coc(C3CCC3)n2)[C@@H]1c1cccnc1. The minimum atomic E-state index is -0.321. The number of carbonyl (C=O) groups excluding carboxylic acids is 2. The second-order valence-electron chi connectivity index (χ2n) is 6.72. The maximum atomic E-state index is 12.6. The van der Waals surface area contributed by atoms with Gasteiger partial charge in [-0.3, -0.25) is 14.6 Å². The zero-order valence-corrected chi connectivity index (χ0v) is 14.0. The van der Waals surface area contributed by atoms with Gasteiger partial charge in [0.15, 0.2) is 11.6 Å². The fraction of sp³-hybridized carbons (Fsp3) is 0.444. The molecule has 1 aliphatic heterocycles. The third-order valence-corrected chi connectivity index (χ3v) is 5.14. The summed E-state index contributed by atoms with van der Waals surface area (Å²) in [7, 11) is 1.75. The number of carbonyl (C=O) groups is 2. The van der Waals surface area contributed by atoms with E-state index in [-0.39, 0.29) is 36.0 Å². The number of likely N-dealkylation sites (N-methyl/N-ethyl adjacent to an activating group) is 1. The van der Waals surface area contributed by atoms with Gasteiger partial charge in [-0.15, -0.1) is 0 Å². The third kappa shape index (κ3) is 2.90. The Balaban J connectivity index is 1.51. The molecule has 1 saturated heterocycles. The van der Waals surface area contributed by atoms with Crippen LogP contribution in [-0.2, 0) is 4.79 Å². The highest BCUT2D eigenvalue weighted by Gasteiger charge is 2.40. The monoisotopic (exact) mass is 340 g/mol. The first-order valence-electron chi connectivity index (χ1n) is 8.55. The predicted octanol–water partition coefficient (Wildman–Crippen LogP) is 2.04. The van der Waals surface area contributed by atoms with Crippen molar-refractivity contribution in [2.24, 2.45) is 0 Å². The number of hydrogen-bond acceptors (Lipinski definition) is 5. The molecule has 25 heavy (non-hydrogen) atoms. The number of aromatic nitrogens is 2. The summed E-state index contributed by atoms with van der Waals surface area (Å²) >= 11 is 0. The van der Waals surface area contributed by atoms with E-state index in [9.17, 15) is 9.59 Å². The Hall–Kier alpha value is -2.70. The molecule has 130 valence electrons. The number of amides is 2. The fourth-order valence-corrected chi connectivity index (χ4v) is 3.48. The number of rotatable bonds is 4. The van der Waals surface area contributed by atoms with Crippen molar-refractivity contribution >= 4 is 11.8 Å². The van der Waals surface area contributed by atoms with Crippen LogP contribution < -0.4 is 5.32 Å². The molecule has 0 unspecified atom stereocenters. The highest BCUT2D eigenvalue weighted by Crippen LogP contribution is 2.36. The Morgan fingerprint density at radius 3 is 2.92 bits per heavy atom. The molecule has 0 spiro atoms. The molecule has 2 aromatic rings. The van der Waals surface area contributed by atoms with Crippen molar-refractivity contribution in [2.75, 3.05) is 7.05 Å². The van der Waals surface area contributed by atoms with Crippen molar-refractivity contribution in [2.45, 2.75) is 43.7 Å². The first kappa shape index (κ1) is 15.8. The summed E-state index contributed by atoms with van der Waals surface area (Å²) in [4.78, 5) is 34.8. The number of pyridine rings is 1. The molecule has 0 aromatic carbocycles. The van der Waals surface area contributed by atoms with Crippen LogP contribution in [0.3, 0.4) is 0 Å². The molecular weight excluding hydrogens is 320 g/mol. The number of hydrogen-bond donors (Lipinski definition) is 1. The van der Waals surface area contributed by atoms with Gasteiger partial charge in [0.1, 0.15) is 6.26 Å². The van der Waals surface area contributed by atoms with Gasteiger partial charge in [0.05, 0.1) is 12.1 Å². The molecule has 3 heterocycles. The van der Waals surface area contributed by atoms with Crippen molar-refractivity contribution in [3.05, 3.63) is 47.9 Å². The lowest BCUT2D eigenvalue weighted by Gasteiger charge is -2.25. The zero-order valence-electron chi connectivity index (χ0n) is 14.0. The van der Waals surface area contributed by atoms with E-state index in [4.69, 9.17) is 4.42 Å². The first-order valence-corrected chi connectivity index (χ1v) is 8.55. The smallest absolute Gasteiger partial charge is 0.273 e. The summed E-state index contributed by atoms with van der Waals surface area (Å²) in [6.07, 6.45) is 8.38. The Morgan fingerprint density at radius 2 is 2.24 bits per heavy atom. The zero-order chi connectivity index (χ0) is 17.4. The average Bonchev–Trinajstić information content (AvgIpc) is 3.13. The van der Waals surface area contributed by atoms with E-state index in [0.29, 0.717) is 11.8 Å². The molecule has 1 N–H and O–H groups in total. The molecule has 1 saturated carbocycles. The van der Waals surface area contributed by atoms with Crippen LogP contribution in [0.2, 0.25) is 0 Å². The summed E-state index contributed by atoms with van der Waals surface area (Å²) < 4.78 is 5.45. The largest absolute Gasteiger partial charge is 0.448 e. The lowest BCUT2D eigenvalue weighted by Crippen LogP contribution is -2.39. The van der Waals surface area contributed by atoms with Crippen LogP contribution in [0, 0.1) is 0 Å². The molecule has 0 bridgehead atoms. The van der Waals surface area contributed by atoms with Gasteiger partial charge in [0.25, 0.3) is 5.91 Å². The molecule has 1 aliphatic carbocycles. The van der Waals surface area contributed by atoms with Crippen molar-refractivity contribution in [3.63, 3.8) is 0 Å². The minimum absolute atomic E-state index is 0.00513. The van der Waals surface area contributed by atoms with Crippen LogP contribution in [0.15, 0.2) is 35.2 Å². The van der Waals surface area contributed by atoms with E-state index in [0.717, 1.165) is 18.4 Å². The summed E-state index contributed by atoms with van der Waals surface area (Å²) in [6.45, 7) is 0. The number of oxazole rings is 1. The van der Waals surface area contributed by atoms with E-state index < -0.39 is 0 Å².